The van der Waals surface area contributed by atoms with Gasteiger partial charge in [-0.15, -0.1) is 0 Å². The Kier molecular flexibility index (Phi) is 2.40. The summed E-state index contributed by atoms with van der Waals surface area (Å²) in [5.74, 6) is 0.702. The van der Waals surface area contributed by atoms with Crippen molar-refractivity contribution in [2.24, 2.45) is 0 Å². The highest BCUT2D eigenvalue weighted by Gasteiger charge is 2.36. The van der Waals surface area contributed by atoms with Crippen LogP contribution >= 0.6 is 0 Å². The highest BCUT2D eigenvalue weighted by molar-refractivity contribution is 5.39. The molecular weight excluding hydrogens is 196 g/mol. The fraction of sp³-hybridized carbons (Fsp3) is 0.571. The number of nitrogens with zero attached hydrogens (tertiary/aromatic N) is 1. The first-order valence-corrected chi connectivity index (χ1v) is 6.40. The summed E-state index contributed by atoms with van der Waals surface area (Å²) < 4.78 is 2.23. The van der Waals surface area contributed by atoms with Crippen molar-refractivity contribution in [3.05, 3.63) is 30.1 Å². The quantitative estimate of drug-likeness (QED) is 0.762. The second kappa shape index (κ2) is 3.77. The summed E-state index contributed by atoms with van der Waals surface area (Å²) in [6.07, 6.45) is 9.52. The Balaban J connectivity index is 2.07. The monoisotopic (exact) mass is 216 g/mol. The van der Waals surface area contributed by atoms with Gasteiger partial charge >= 0.3 is 0 Å². The molecule has 2 aliphatic rings. The number of hydrogen-bond donors (Lipinski definition) is 1. The van der Waals surface area contributed by atoms with Crippen molar-refractivity contribution in [2.45, 2.75) is 50.6 Å². The minimum atomic E-state index is 0.496. The van der Waals surface area contributed by atoms with Gasteiger partial charge in [-0.1, -0.05) is 19.4 Å². The van der Waals surface area contributed by atoms with Gasteiger partial charge < -0.3 is 9.88 Å². The lowest BCUT2D eigenvalue weighted by Gasteiger charge is -2.40. The van der Waals surface area contributed by atoms with E-state index in [4.69, 9.17) is 0 Å². The molecule has 2 heteroatoms. The molecule has 3 atom stereocenters. The third-order valence-electron chi connectivity index (χ3n) is 4.23. The zero-order valence-corrected chi connectivity index (χ0v) is 9.95. The van der Waals surface area contributed by atoms with Gasteiger partial charge in [0.25, 0.3) is 0 Å². The molecule has 1 aliphatic heterocycles. The summed E-state index contributed by atoms with van der Waals surface area (Å²) in [5, 5.41) is 3.76. The van der Waals surface area contributed by atoms with Crippen LogP contribution < -0.4 is 5.32 Å². The molecule has 1 aromatic rings. The molecule has 86 valence electrons. The second-order valence-corrected chi connectivity index (χ2v) is 5.13. The Labute approximate surface area is 97.3 Å². The van der Waals surface area contributed by atoms with Crippen LogP contribution in [0, 0.1) is 0 Å². The maximum absolute atomic E-state index is 3.92. The molecule has 1 aromatic heterocycles. The molecule has 0 saturated heterocycles. The van der Waals surface area contributed by atoms with Crippen LogP contribution in [0.15, 0.2) is 18.8 Å². The smallest absolute Gasteiger partial charge is 0.0314 e. The van der Waals surface area contributed by atoms with Crippen molar-refractivity contribution < 1.29 is 0 Å². The lowest BCUT2D eigenvalue weighted by Crippen LogP contribution is -2.43. The largest absolute Gasteiger partial charge is 0.328 e. The highest BCUT2D eigenvalue weighted by atomic mass is 15.0. The summed E-state index contributed by atoms with van der Waals surface area (Å²) in [7, 11) is 0. The molecule has 16 heavy (non-hydrogen) atoms. The van der Waals surface area contributed by atoms with Crippen molar-refractivity contribution in [1.29, 1.82) is 0 Å². The Morgan fingerprint density at radius 3 is 3.06 bits per heavy atom. The minimum absolute atomic E-state index is 0.496. The maximum Gasteiger partial charge on any atom is 0.0314 e. The molecule has 2 heterocycles. The van der Waals surface area contributed by atoms with Crippen LogP contribution in [0.4, 0.5) is 0 Å². The standard InChI is InChI=1S/C14H20N2/c1-3-16-9-8-11-10(2)15-13-7-5-4-6-12(13)14(11)16/h3,8-10,12-13,15H,1,4-7H2,2H3/t10?,12-,13+/m1/s1. The first-order chi connectivity index (χ1) is 7.81. The average Bonchev–Trinajstić information content (AvgIpc) is 2.74. The van der Waals surface area contributed by atoms with Crippen LogP contribution in [0.5, 0.6) is 0 Å². The molecular formula is C14H20N2. The number of aromatic nitrogens is 1. The SMILES string of the molecule is C=Cn1ccc2c1[C@@H]1CCCC[C@@H]1NC2C. The maximum atomic E-state index is 3.92. The van der Waals surface area contributed by atoms with Gasteiger partial charge in [0.2, 0.25) is 0 Å². The normalized spacial score (nSPS) is 32.9. The van der Waals surface area contributed by atoms with E-state index in [0.717, 1.165) is 0 Å². The Hall–Kier alpha value is -1.02. The van der Waals surface area contributed by atoms with Gasteiger partial charge in [0.1, 0.15) is 0 Å². The highest BCUT2D eigenvalue weighted by Crippen LogP contribution is 2.41. The van der Waals surface area contributed by atoms with Gasteiger partial charge in [0.15, 0.2) is 0 Å². The van der Waals surface area contributed by atoms with Crippen LogP contribution in [0.3, 0.4) is 0 Å². The van der Waals surface area contributed by atoms with Crippen LogP contribution in [-0.4, -0.2) is 10.6 Å². The lowest BCUT2D eigenvalue weighted by molar-refractivity contribution is 0.278. The predicted octanol–water partition coefficient (Wildman–Crippen LogP) is 3.28. The summed E-state index contributed by atoms with van der Waals surface area (Å²) >= 11 is 0. The van der Waals surface area contributed by atoms with Crippen molar-refractivity contribution in [2.75, 3.05) is 0 Å². The fourth-order valence-corrected chi connectivity index (χ4v) is 3.47. The molecule has 1 unspecified atom stereocenters. The van der Waals surface area contributed by atoms with E-state index in [9.17, 15) is 0 Å². The van der Waals surface area contributed by atoms with Crippen LogP contribution in [0.1, 0.15) is 55.8 Å². The first kappa shape index (κ1) is 10.2. The summed E-state index contributed by atoms with van der Waals surface area (Å²) in [6, 6.07) is 3.43. The number of nitrogens with one attached hydrogen (secondary N) is 1. The molecule has 0 amide bonds. The fourth-order valence-electron chi connectivity index (χ4n) is 3.47. The summed E-state index contributed by atoms with van der Waals surface area (Å²) in [6.45, 7) is 6.19. The van der Waals surface area contributed by atoms with E-state index in [1.165, 1.54) is 36.9 Å². The predicted molar refractivity (Wildman–Crippen MR) is 67.4 cm³/mol. The number of fused-ring (bicyclic) bond motifs is 3. The van der Waals surface area contributed by atoms with Gasteiger partial charge in [-0.25, -0.2) is 0 Å². The molecule has 1 N–H and O–H groups in total. The molecule has 0 bridgehead atoms. The van der Waals surface area contributed by atoms with Gasteiger partial charge in [-0.05, 0) is 31.4 Å². The molecule has 3 rings (SSSR count). The molecule has 0 radical (unpaired) electrons. The van der Waals surface area contributed by atoms with Gasteiger partial charge in [0, 0.05) is 36.1 Å². The Bertz CT molecular complexity index is 405. The van der Waals surface area contributed by atoms with E-state index in [0.29, 0.717) is 18.0 Å². The molecule has 1 saturated carbocycles. The molecule has 0 spiro atoms. The van der Waals surface area contributed by atoms with Crippen LogP contribution in [0.25, 0.3) is 6.20 Å². The van der Waals surface area contributed by atoms with E-state index < -0.39 is 0 Å². The zero-order chi connectivity index (χ0) is 11.1. The molecule has 2 nitrogen and oxygen atoms in total. The second-order valence-electron chi connectivity index (χ2n) is 5.13. The Morgan fingerprint density at radius 2 is 2.25 bits per heavy atom. The molecule has 0 aromatic carbocycles. The van der Waals surface area contributed by atoms with Crippen molar-refractivity contribution in [1.82, 2.24) is 9.88 Å². The zero-order valence-electron chi connectivity index (χ0n) is 9.95. The van der Waals surface area contributed by atoms with Crippen molar-refractivity contribution in [3.63, 3.8) is 0 Å². The third-order valence-corrected chi connectivity index (χ3v) is 4.23. The summed E-state index contributed by atoms with van der Waals surface area (Å²) in [4.78, 5) is 0. The van der Waals surface area contributed by atoms with Crippen molar-refractivity contribution in [3.8, 4) is 0 Å². The lowest BCUT2D eigenvalue weighted by atomic mass is 9.77. The molecule has 1 aliphatic carbocycles. The topological polar surface area (TPSA) is 17.0 Å². The van der Waals surface area contributed by atoms with Gasteiger partial charge in [-0.3, -0.25) is 0 Å². The van der Waals surface area contributed by atoms with Crippen LogP contribution in [0.2, 0.25) is 0 Å². The van der Waals surface area contributed by atoms with Crippen molar-refractivity contribution >= 4 is 6.20 Å². The summed E-state index contributed by atoms with van der Waals surface area (Å²) in [5.41, 5.74) is 2.99. The first-order valence-electron chi connectivity index (χ1n) is 6.40. The number of hydrogen-bond acceptors (Lipinski definition) is 1. The van der Waals surface area contributed by atoms with E-state index in [2.05, 4.69) is 35.6 Å². The minimum Gasteiger partial charge on any atom is -0.328 e. The van der Waals surface area contributed by atoms with E-state index in [-0.39, 0.29) is 0 Å². The van der Waals surface area contributed by atoms with Gasteiger partial charge in [0.05, 0.1) is 0 Å². The average molecular weight is 216 g/mol. The van der Waals surface area contributed by atoms with E-state index >= 15 is 0 Å². The van der Waals surface area contributed by atoms with Gasteiger partial charge in [-0.2, -0.15) is 0 Å². The Morgan fingerprint density at radius 1 is 1.44 bits per heavy atom. The van der Waals surface area contributed by atoms with E-state index in [1.54, 1.807) is 0 Å². The third kappa shape index (κ3) is 1.36. The van der Waals surface area contributed by atoms with E-state index in [1.807, 2.05) is 6.20 Å². The van der Waals surface area contributed by atoms with Crippen LogP contribution in [-0.2, 0) is 0 Å². The number of rotatable bonds is 1. The molecule has 1 fully saturated rings.